The molecule has 4 rings (SSSR count). The van der Waals surface area contributed by atoms with Crippen LogP contribution in [0.4, 0.5) is 8.78 Å². The van der Waals surface area contributed by atoms with Gasteiger partial charge in [-0.05, 0) is 96.0 Å². The predicted molar refractivity (Wildman–Crippen MR) is 133 cm³/mol. The lowest BCUT2D eigenvalue weighted by Crippen LogP contribution is -2.13. The highest BCUT2D eigenvalue weighted by Crippen LogP contribution is 2.39. The van der Waals surface area contributed by atoms with E-state index >= 15 is 8.78 Å². The molecule has 174 valence electrons. The maximum Gasteiger partial charge on any atom is 0.130 e. The molecule has 0 N–H and O–H groups in total. The van der Waals surface area contributed by atoms with Crippen LogP contribution in [0.5, 0.6) is 5.75 Å². The Labute approximate surface area is 196 Å². The molecule has 0 unspecified atom stereocenters. The van der Waals surface area contributed by atoms with E-state index in [2.05, 4.69) is 32.6 Å². The van der Waals surface area contributed by atoms with Crippen molar-refractivity contribution in [3.05, 3.63) is 89.0 Å². The van der Waals surface area contributed by atoms with E-state index in [9.17, 15) is 0 Å². The first kappa shape index (κ1) is 23.5. The molecule has 0 bridgehead atoms. The number of hydrogen-bond donors (Lipinski definition) is 0. The summed E-state index contributed by atoms with van der Waals surface area (Å²) in [4.78, 5) is 0. The van der Waals surface area contributed by atoms with Gasteiger partial charge in [-0.1, -0.05) is 57.6 Å². The van der Waals surface area contributed by atoms with Gasteiger partial charge in [0.05, 0.1) is 6.61 Å². The van der Waals surface area contributed by atoms with Crippen LogP contribution in [-0.2, 0) is 6.42 Å². The maximum atomic E-state index is 15.0. The normalized spacial score (nSPS) is 20.2. The molecule has 0 radical (unpaired) electrons. The second-order valence-electron chi connectivity index (χ2n) is 9.57. The fourth-order valence-corrected chi connectivity index (χ4v) is 5.03. The number of halogens is 2. The minimum absolute atomic E-state index is 0.00853. The Balaban J connectivity index is 1.45. The third-order valence-corrected chi connectivity index (χ3v) is 7.03. The molecule has 0 amide bonds. The van der Waals surface area contributed by atoms with Gasteiger partial charge in [-0.25, -0.2) is 8.78 Å². The van der Waals surface area contributed by atoms with Gasteiger partial charge >= 0.3 is 0 Å². The summed E-state index contributed by atoms with van der Waals surface area (Å²) in [5.41, 5.74) is 5.05. The summed E-state index contributed by atoms with van der Waals surface area (Å²) in [6, 6.07) is 8.83. The zero-order chi connectivity index (χ0) is 23.4. The minimum atomic E-state index is -0.416. The van der Waals surface area contributed by atoms with Gasteiger partial charge < -0.3 is 4.74 Å². The smallest absolute Gasteiger partial charge is 0.130 e. The lowest BCUT2D eigenvalue weighted by atomic mass is 9.79. The van der Waals surface area contributed by atoms with Gasteiger partial charge in [0.15, 0.2) is 0 Å². The first-order chi connectivity index (χ1) is 15.9. The van der Waals surface area contributed by atoms with Crippen LogP contribution in [0.3, 0.4) is 0 Å². The molecule has 1 nitrogen and oxygen atoms in total. The van der Waals surface area contributed by atoms with Crippen molar-refractivity contribution in [2.75, 3.05) is 6.61 Å². The van der Waals surface area contributed by atoms with Crippen LogP contribution in [0.25, 0.3) is 11.1 Å². The number of hydrogen-bond acceptors (Lipinski definition) is 1. The third-order valence-electron chi connectivity index (χ3n) is 7.03. The number of benzene rings is 2. The molecule has 0 spiro atoms. The monoisotopic (exact) mass is 448 g/mol. The van der Waals surface area contributed by atoms with Crippen molar-refractivity contribution in [2.24, 2.45) is 5.92 Å². The van der Waals surface area contributed by atoms with Crippen LogP contribution >= 0.6 is 0 Å². The molecular weight excluding hydrogens is 414 g/mol. The molecule has 2 aliphatic rings. The Hall–Kier alpha value is -2.68. The molecule has 1 saturated carbocycles. The molecule has 2 aromatic carbocycles. The van der Waals surface area contributed by atoms with Crippen molar-refractivity contribution in [1.29, 1.82) is 0 Å². The molecule has 0 aromatic heterocycles. The van der Waals surface area contributed by atoms with Gasteiger partial charge in [0.25, 0.3) is 0 Å². The van der Waals surface area contributed by atoms with Crippen molar-refractivity contribution < 1.29 is 13.5 Å². The highest BCUT2D eigenvalue weighted by molar-refractivity contribution is 5.66. The molecule has 0 saturated heterocycles. The first-order valence-corrected chi connectivity index (χ1v) is 12.3. The molecule has 2 aliphatic carbocycles. The largest absolute Gasteiger partial charge is 0.493 e. The van der Waals surface area contributed by atoms with Crippen LogP contribution in [0.1, 0.15) is 69.4 Å². The van der Waals surface area contributed by atoms with E-state index in [-0.39, 0.29) is 11.5 Å². The highest BCUT2D eigenvalue weighted by Gasteiger charge is 2.25. The van der Waals surface area contributed by atoms with E-state index in [0.717, 1.165) is 67.4 Å². The second kappa shape index (κ2) is 10.5. The number of ether oxygens (including phenoxy) is 1. The highest BCUT2D eigenvalue weighted by atomic mass is 19.1. The summed E-state index contributed by atoms with van der Waals surface area (Å²) in [5.74, 6) is 0.652. The minimum Gasteiger partial charge on any atom is -0.493 e. The topological polar surface area (TPSA) is 9.23 Å². The van der Waals surface area contributed by atoms with E-state index in [1.54, 1.807) is 0 Å². The van der Waals surface area contributed by atoms with Crippen molar-refractivity contribution in [1.82, 2.24) is 0 Å². The van der Waals surface area contributed by atoms with Gasteiger partial charge in [-0.2, -0.15) is 0 Å². The SMILES string of the molecule is C=C1C=CC(CCCOc2ccc(-c3cc(F)c(C4CCC(C)CC4)c(F)c3)cc2CC)=C1. The molecule has 0 heterocycles. The lowest BCUT2D eigenvalue weighted by molar-refractivity contribution is 0.308. The molecule has 33 heavy (non-hydrogen) atoms. The Kier molecular flexibility index (Phi) is 7.47. The standard InChI is InChI=1S/C30H34F2O/c1-4-23-17-25(13-14-29(23)33-15-5-6-22-10-7-21(3)16-22)26-18-27(31)30(28(32)19-26)24-11-8-20(2)9-12-24/h7,10,13-14,16-20,24H,3-6,8-9,11-12,15H2,1-2H3. The molecular formula is C30H34F2O. The summed E-state index contributed by atoms with van der Waals surface area (Å²) < 4.78 is 36.1. The average molecular weight is 449 g/mol. The van der Waals surface area contributed by atoms with Gasteiger partial charge in [-0.3, -0.25) is 0 Å². The molecule has 1 fully saturated rings. The van der Waals surface area contributed by atoms with E-state index < -0.39 is 11.6 Å². The van der Waals surface area contributed by atoms with E-state index in [1.165, 1.54) is 17.7 Å². The van der Waals surface area contributed by atoms with Gasteiger partial charge in [0, 0.05) is 5.56 Å². The summed E-state index contributed by atoms with van der Waals surface area (Å²) in [5, 5.41) is 0. The Bertz CT molecular complexity index is 1050. The molecule has 3 heteroatoms. The fourth-order valence-electron chi connectivity index (χ4n) is 5.03. The molecule has 0 aliphatic heterocycles. The van der Waals surface area contributed by atoms with Crippen molar-refractivity contribution in [3.63, 3.8) is 0 Å². The summed E-state index contributed by atoms with van der Waals surface area (Å²) in [6.07, 6.45) is 12.7. The summed E-state index contributed by atoms with van der Waals surface area (Å²) >= 11 is 0. The Morgan fingerprint density at radius 1 is 0.970 bits per heavy atom. The number of allylic oxidation sites excluding steroid dienone is 5. The molecule has 2 aromatic rings. The average Bonchev–Trinajstić information content (AvgIpc) is 3.22. The van der Waals surface area contributed by atoms with Crippen molar-refractivity contribution in [2.45, 2.75) is 64.7 Å². The van der Waals surface area contributed by atoms with E-state index in [0.29, 0.717) is 18.1 Å². The van der Waals surface area contributed by atoms with Crippen LogP contribution in [0.15, 0.2) is 66.3 Å². The van der Waals surface area contributed by atoms with Gasteiger partial charge in [0.2, 0.25) is 0 Å². The van der Waals surface area contributed by atoms with E-state index in [1.807, 2.05) is 24.3 Å². The van der Waals surface area contributed by atoms with Crippen LogP contribution < -0.4 is 4.74 Å². The number of rotatable bonds is 8. The Morgan fingerprint density at radius 3 is 2.33 bits per heavy atom. The van der Waals surface area contributed by atoms with Crippen molar-refractivity contribution >= 4 is 0 Å². The van der Waals surface area contributed by atoms with Crippen LogP contribution in [0, 0.1) is 17.6 Å². The number of aryl methyl sites for hydroxylation is 1. The third kappa shape index (κ3) is 5.63. The summed E-state index contributed by atoms with van der Waals surface area (Å²) in [7, 11) is 0. The van der Waals surface area contributed by atoms with Crippen LogP contribution in [-0.4, -0.2) is 6.61 Å². The summed E-state index contributed by atoms with van der Waals surface area (Å²) in [6.45, 7) is 8.85. The van der Waals surface area contributed by atoms with Gasteiger partial charge in [0.1, 0.15) is 17.4 Å². The zero-order valence-electron chi connectivity index (χ0n) is 19.8. The second-order valence-corrected chi connectivity index (χ2v) is 9.57. The van der Waals surface area contributed by atoms with Gasteiger partial charge in [-0.15, -0.1) is 0 Å². The molecule has 0 atom stereocenters. The quantitative estimate of drug-likeness (QED) is 0.367. The zero-order valence-corrected chi connectivity index (χ0v) is 19.8. The fraction of sp³-hybridized carbons (Fsp3) is 0.400. The first-order valence-electron chi connectivity index (χ1n) is 12.3. The van der Waals surface area contributed by atoms with Crippen molar-refractivity contribution in [3.8, 4) is 16.9 Å². The Morgan fingerprint density at radius 2 is 1.70 bits per heavy atom. The van der Waals surface area contributed by atoms with E-state index in [4.69, 9.17) is 4.74 Å². The van der Waals surface area contributed by atoms with Crippen LogP contribution in [0.2, 0.25) is 0 Å². The maximum absolute atomic E-state index is 15.0. The predicted octanol–water partition coefficient (Wildman–Crippen LogP) is 8.70. The lowest BCUT2D eigenvalue weighted by Gasteiger charge is -2.27.